The van der Waals surface area contributed by atoms with Crippen molar-refractivity contribution in [1.82, 2.24) is 15.2 Å². The van der Waals surface area contributed by atoms with Gasteiger partial charge in [0.2, 0.25) is 5.16 Å². The van der Waals surface area contributed by atoms with E-state index in [2.05, 4.69) is 42.5 Å². The van der Waals surface area contributed by atoms with Crippen molar-refractivity contribution in [3.63, 3.8) is 0 Å². The fourth-order valence-electron chi connectivity index (χ4n) is 7.90. The zero-order valence-electron chi connectivity index (χ0n) is 23.1. The number of hydrogen-bond acceptors (Lipinski definition) is 7. The van der Waals surface area contributed by atoms with Gasteiger partial charge in [0.1, 0.15) is 17.7 Å². The number of H-pyrrole nitrogens is 1. The molecule has 2 aromatic rings. The number of aliphatic hydroxyl groups excluding tert-OH is 1. The molecule has 8 atom stereocenters. The van der Waals surface area contributed by atoms with Crippen molar-refractivity contribution in [3.05, 3.63) is 42.7 Å². The second-order valence-corrected chi connectivity index (χ2v) is 13.2. The summed E-state index contributed by atoms with van der Waals surface area (Å²) in [5.41, 5.74) is -1.26. The van der Waals surface area contributed by atoms with Gasteiger partial charge in [-0.25, -0.2) is 9.37 Å². The summed E-state index contributed by atoms with van der Waals surface area (Å²) >= 11 is 1.11. The quantitative estimate of drug-likeness (QED) is 0.271. The standard InChI is InChI=1S/C30H38FN3O4S/c1-6-28(4)15-22(29(5)17(2)11-13-30(18(3)25(28)37)14-12-21(35)24(29)30)38-23(36)16-39-27-32-26(33-34-27)19-9-7-8-10-20(19)31/h6-10,17-18,22,24-25,37H,1,11-16H2,2-5H3,(H,32,33,34)/t17-,18+,22-,24+,25+,28-,29+,30+/m1/s1. The van der Waals surface area contributed by atoms with Gasteiger partial charge in [-0.05, 0) is 55.1 Å². The van der Waals surface area contributed by atoms with Crippen LogP contribution in [0.25, 0.3) is 11.4 Å². The van der Waals surface area contributed by atoms with E-state index in [-0.39, 0.29) is 40.5 Å². The summed E-state index contributed by atoms with van der Waals surface area (Å²) in [4.78, 5) is 31.1. The lowest BCUT2D eigenvalue weighted by molar-refractivity contribution is -0.205. The minimum absolute atomic E-state index is 0.0386. The largest absolute Gasteiger partial charge is 0.461 e. The first-order chi connectivity index (χ1) is 18.5. The van der Waals surface area contributed by atoms with Crippen molar-refractivity contribution < 1.29 is 23.8 Å². The first-order valence-electron chi connectivity index (χ1n) is 13.8. The molecule has 2 N–H and O–H groups in total. The number of halogens is 1. The molecule has 39 heavy (non-hydrogen) atoms. The highest BCUT2D eigenvalue weighted by Crippen LogP contribution is 2.68. The number of ether oxygens (including phenoxy) is 1. The van der Waals surface area contributed by atoms with Crippen LogP contribution in [0.2, 0.25) is 0 Å². The molecule has 0 unspecified atom stereocenters. The number of carbonyl (C=O) groups is 2. The number of Topliss-reactive ketones (excluding diaryl/α,β-unsaturated/α-hetero) is 1. The molecule has 1 aromatic heterocycles. The Morgan fingerprint density at radius 3 is 2.77 bits per heavy atom. The summed E-state index contributed by atoms with van der Waals surface area (Å²) in [6.07, 6.45) is 3.96. The number of rotatable bonds is 6. The predicted octanol–water partition coefficient (Wildman–Crippen LogP) is 5.61. The van der Waals surface area contributed by atoms with Crippen molar-refractivity contribution >= 4 is 23.5 Å². The molecule has 3 saturated carbocycles. The Balaban J connectivity index is 1.40. The molecule has 210 valence electrons. The number of hydrogen-bond donors (Lipinski definition) is 2. The van der Waals surface area contributed by atoms with Crippen LogP contribution in [-0.4, -0.2) is 50.0 Å². The third-order valence-corrected chi connectivity index (χ3v) is 11.3. The van der Waals surface area contributed by atoms with Crippen LogP contribution >= 0.6 is 11.8 Å². The van der Waals surface area contributed by atoms with E-state index in [1.165, 1.54) is 6.07 Å². The molecule has 5 rings (SSSR count). The molecule has 0 aliphatic heterocycles. The molecular weight excluding hydrogens is 517 g/mol. The average Bonchev–Trinajstić information content (AvgIpc) is 3.53. The molecule has 9 heteroatoms. The van der Waals surface area contributed by atoms with E-state index < -0.39 is 34.8 Å². The number of nitrogens with zero attached hydrogens (tertiary/aromatic N) is 2. The second kappa shape index (κ2) is 10.1. The Hall–Kier alpha value is -2.52. The van der Waals surface area contributed by atoms with Crippen LogP contribution in [0.4, 0.5) is 4.39 Å². The first kappa shape index (κ1) is 28.0. The smallest absolute Gasteiger partial charge is 0.316 e. The van der Waals surface area contributed by atoms with Gasteiger partial charge in [-0.2, -0.15) is 0 Å². The molecule has 3 fully saturated rings. The molecule has 0 radical (unpaired) electrons. The second-order valence-electron chi connectivity index (χ2n) is 12.3. The van der Waals surface area contributed by atoms with Crippen molar-refractivity contribution in [3.8, 4) is 11.4 Å². The van der Waals surface area contributed by atoms with Crippen LogP contribution in [0.3, 0.4) is 0 Å². The molecule has 3 aliphatic carbocycles. The lowest BCUT2D eigenvalue weighted by atomic mass is 9.44. The number of aliphatic hydroxyl groups is 1. The fourth-order valence-corrected chi connectivity index (χ4v) is 8.48. The number of esters is 1. The Morgan fingerprint density at radius 2 is 2.05 bits per heavy atom. The number of aromatic nitrogens is 3. The third kappa shape index (κ3) is 4.46. The minimum atomic E-state index is -0.706. The van der Waals surface area contributed by atoms with E-state index in [0.717, 1.165) is 31.0 Å². The first-order valence-corrected chi connectivity index (χ1v) is 14.8. The van der Waals surface area contributed by atoms with Gasteiger partial charge in [0, 0.05) is 23.2 Å². The number of thioether (sulfide) groups is 1. The summed E-state index contributed by atoms with van der Waals surface area (Å²) < 4.78 is 20.4. The van der Waals surface area contributed by atoms with Crippen LogP contribution in [0.5, 0.6) is 0 Å². The summed E-state index contributed by atoms with van der Waals surface area (Å²) in [5, 5.41) is 18.8. The van der Waals surface area contributed by atoms with Crippen LogP contribution in [0.1, 0.15) is 59.8 Å². The highest BCUT2D eigenvalue weighted by Gasteiger charge is 2.68. The van der Waals surface area contributed by atoms with Gasteiger partial charge in [0.05, 0.1) is 17.4 Å². The number of ketones is 1. The zero-order valence-corrected chi connectivity index (χ0v) is 23.9. The molecule has 2 bridgehead atoms. The van der Waals surface area contributed by atoms with Gasteiger partial charge in [-0.3, -0.25) is 14.7 Å². The maximum atomic E-state index is 14.1. The summed E-state index contributed by atoms with van der Waals surface area (Å²) in [6, 6.07) is 6.27. The van der Waals surface area contributed by atoms with Crippen molar-refractivity contribution in [2.24, 2.45) is 34.0 Å². The number of carbonyl (C=O) groups excluding carboxylic acids is 2. The molecule has 3 aliphatic rings. The monoisotopic (exact) mass is 555 g/mol. The molecule has 1 heterocycles. The van der Waals surface area contributed by atoms with E-state index in [9.17, 15) is 19.1 Å². The Labute approximate surface area is 233 Å². The highest BCUT2D eigenvalue weighted by atomic mass is 32.2. The third-order valence-electron chi connectivity index (χ3n) is 10.5. The van der Waals surface area contributed by atoms with Gasteiger partial charge < -0.3 is 9.84 Å². The fraction of sp³-hybridized carbons (Fsp3) is 0.600. The van der Waals surface area contributed by atoms with Crippen molar-refractivity contribution in [2.75, 3.05) is 5.75 Å². The van der Waals surface area contributed by atoms with Crippen molar-refractivity contribution in [2.45, 2.75) is 77.2 Å². The summed E-state index contributed by atoms with van der Waals surface area (Å²) in [6.45, 7) is 12.4. The zero-order chi connectivity index (χ0) is 28.2. The highest BCUT2D eigenvalue weighted by molar-refractivity contribution is 7.99. The summed E-state index contributed by atoms with van der Waals surface area (Å²) in [7, 11) is 0. The lowest BCUT2D eigenvalue weighted by Gasteiger charge is -2.61. The normalized spacial score (nSPS) is 38.0. The van der Waals surface area contributed by atoms with Crippen LogP contribution < -0.4 is 0 Å². The molecule has 0 spiro atoms. The van der Waals surface area contributed by atoms with Gasteiger partial charge in [0.15, 0.2) is 5.82 Å². The maximum Gasteiger partial charge on any atom is 0.316 e. The van der Waals surface area contributed by atoms with Gasteiger partial charge in [-0.1, -0.05) is 57.7 Å². The van der Waals surface area contributed by atoms with E-state index in [1.54, 1.807) is 24.3 Å². The van der Waals surface area contributed by atoms with E-state index >= 15 is 0 Å². The number of aromatic amines is 1. The molecular formula is C30H38FN3O4S. The van der Waals surface area contributed by atoms with Gasteiger partial charge in [0.25, 0.3) is 0 Å². The van der Waals surface area contributed by atoms with E-state index in [1.807, 2.05) is 6.92 Å². The number of benzene rings is 1. The van der Waals surface area contributed by atoms with Gasteiger partial charge in [-0.15, -0.1) is 11.7 Å². The average molecular weight is 556 g/mol. The minimum Gasteiger partial charge on any atom is -0.461 e. The Kier molecular flexibility index (Phi) is 7.29. The van der Waals surface area contributed by atoms with Gasteiger partial charge >= 0.3 is 5.97 Å². The lowest BCUT2D eigenvalue weighted by Crippen LogP contribution is -2.63. The molecule has 0 saturated heterocycles. The van der Waals surface area contributed by atoms with Crippen LogP contribution in [-0.2, 0) is 14.3 Å². The topological polar surface area (TPSA) is 105 Å². The molecule has 7 nitrogen and oxygen atoms in total. The summed E-state index contributed by atoms with van der Waals surface area (Å²) in [5.74, 6) is -0.565. The van der Waals surface area contributed by atoms with E-state index in [0.29, 0.717) is 23.6 Å². The van der Waals surface area contributed by atoms with Crippen LogP contribution in [0, 0.1) is 39.8 Å². The Morgan fingerprint density at radius 1 is 1.31 bits per heavy atom. The predicted molar refractivity (Wildman–Crippen MR) is 147 cm³/mol. The molecule has 0 amide bonds. The van der Waals surface area contributed by atoms with E-state index in [4.69, 9.17) is 4.74 Å². The van der Waals surface area contributed by atoms with Crippen molar-refractivity contribution in [1.29, 1.82) is 0 Å². The molecule has 1 aromatic carbocycles. The maximum absolute atomic E-state index is 14.1. The SMILES string of the molecule is C=C[C@]1(C)C[C@@H](OC(=O)CSc2n[nH]c(-c3ccccc3F)n2)[C@]2(C)[C@H](C)CC[C@]3(CCC(=O)[C@H]32)[C@@H](C)[C@@H]1O. The van der Waals surface area contributed by atoms with Crippen LogP contribution in [0.15, 0.2) is 42.1 Å². The Bertz CT molecular complexity index is 1280. The number of nitrogens with one attached hydrogen (secondary N) is 1.